The highest BCUT2D eigenvalue weighted by atomic mass is 35.5. The Morgan fingerprint density at radius 3 is 2.11 bits per heavy atom. The van der Waals surface area contributed by atoms with E-state index in [1.165, 1.54) is 11.1 Å². The van der Waals surface area contributed by atoms with Gasteiger partial charge in [0.2, 0.25) is 0 Å². The van der Waals surface area contributed by atoms with E-state index in [1.54, 1.807) is 0 Å². The van der Waals surface area contributed by atoms with Crippen LogP contribution in [0.5, 0.6) is 0 Å². The highest BCUT2D eigenvalue weighted by Gasteiger charge is 2.46. The van der Waals surface area contributed by atoms with Crippen LogP contribution in [0.3, 0.4) is 0 Å². The minimum atomic E-state index is -0.864. The second-order valence-corrected chi connectivity index (χ2v) is 8.29. The number of nitrogens with one attached hydrogen (secondary N) is 1. The van der Waals surface area contributed by atoms with Crippen molar-refractivity contribution < 1.29 is 5.11 Å². The first kappa shape index (κ1) is 19.2. The van der Waals surface area contributed by atoms with Crippen molar-refractivity contribution in [2.45, 2.75) is 37.5 Å². The van der Waals surface area contributed by atoms with Crippen molar-refractivity contribution in [3.63, 3.8) is 0 Å². The number of benzene rings is 3. The second-order valence-electron chi connectivity index (χ2n) is 7.88. The molecule has 0 aromatic heterocycles. The fraction of sp³-hybridized carbons (Fsp3) is 0.280. The van der Waals surface area contributed by atoms with Crippen molar-refractivity contribution in [1.82, 2.24) is 5.32 Å². The Hall–Kier alpha value is -2.13. The Morgan fingerprint density at radius 2 is 1.46 bits per heavy atom. The Kier molecular flexibility index (Phi) is 5.54. The number of aliphatic hydroxyl groups is 1. The van der Waals surface area contributed by atoms with E-state index in [0.717, 1.165) is 5.56 Å². The number of hydrogen-bond acceptors (Lipinski definition) is 2. The zero-order valence-electron chi connectivity index (χ0n) is 16.1. The van der Waals surface area contributed by atoms with Crippen LogP contribution in [0.15, 0.2) is 84.9 Å². The Bertz CT molecular complexity index is 914. The quantitative estimate of drug-likeness (QED) is 0.595. The van der Waals surface area contributed by atoms with Crippen LogP contribution in [0.1, 0.15) is 42.1 Å². The van der Waals surface area contributed by atoms with Gasteiger partial charge < -0.3 is 10.4 Å². The molecule has 1 aliphatic rings. The summed E-state index contributed by atoms with van der Waals surface area (Å²) >= 11 is 6.43. The lowest BCUT2D eigenvalue weighted by molar-refractivity contribution is -0.0674. The molecular formula is C25H26ClNO. The Labute approximate surface area is 172 Å². The molecule has 2 nitrogen and oxygen atoms in total. The molecule has 0 aliphatic carbocycles. The lowest BCUT2D eigenvalue weighted by atomic mass is 9.69. The van der Waals surface area contributed by atoms with Gasteiger partial charge in [-0.2, -0.15) is 0 Å². The maximum absolute atomic E-state index is 11.9. The van der Waals surface area contributed by atoms with Crippen molar-refractivity contribution in [3.05, 3.63) is 107 Å². The molecule has 3 heteroatoms. The lowest BCUT2D eigenvalue weighted by Crippen LogP contribution is -2.53. The van der Waals surface area contributed by atoms with E-state index in [-0.39, 0.29) is 18.0 Å². The molecule has 144 valence electrons. The van der Waals surface area contributed by atoms with Gasteiger partial charge in [0.25, 0.3) is 0 Å². The monoisotopic (exact) mass is 391 g/mol. The molecular weight excluding hydrogens is 366 g/mol. The third-order valence-electron chi connectivity index (χ3n) is 6.10. The molecule has 0 amide bonds. The van der Waals surface area contributed by atoms with Crippen molar-refractivity contribution in [2.24, 2.45) is 5.92 Å². The van der Waals surface area contributed by atoms with E-state index in [9.17, 15) is 5.11 Å². The van der Waals surface area contributed by atoms with Crippen LogP contribution in [0.25, 0.3) is 0 Å². The fourth-order valence-corrected chi connectivity index (χ4v) is 4.62. The van der Waals surface area contributed by atoms with Gasteiger partial charge in [-0.15, -0.1) is 0 Å². The SMILES string of the molecule is C[C@H]1[C@H](c2ccccc2)N[C@@H](c2ccccc2)C[C@@]1(O)Cc1ccccc1Cl. The van der Waals surface area contributed by atoms with Gasteiger partial charge in [0.05, 0.1) is 5.60 Å². The minimum absolute atomic E-state index is 0.0335. The van der Waals surface area contributed by atoms with Crippen LogP contribution >= 0.6 is 11.6 Å². The third-order valence-corrected chi connectivity index (χ3v) is 6.47. The van der Waals surface area contributed by atoms with Gasteiger partial charge >= 0.3 is 0 Å². The molecule has 0 saturated carbocycles. The predicted molar refractivity (Wildman–Crippen MR) is 115 cm³/mol. The maximum Gasteiger partial charge on any atom is 0.0750 e. The Morgan fingerprint density at radius 1 is 0.893 bits per heavy atom. The van der Waals surface area contributed by atoms with Gasteiger partial charge in [0.15, 0.2) is 0 Å². The third kappa shape index (κ3) is 3.86. The molecule has 0 spiro atoms. The summed E-state index contributed by atoms with van der Waals surface area (Å²) in [6.07, 6.45) is 1.19. The Balaban J connectivity index is 1.72. The first-order chi connectivity index (χ1) is 13.6. The van der Waals surface area contributed by atoms with Gasteiger partial charge in [-0.05, 0) is 29.2 Å². The van der Waals surface area contributed by atoms with E-state index in [4.69, 9.17) is 11.6 Å². The van der Waals surface area contributed by atoms with E-state index < -0.39 is 5.60 Å². The first-order valence-electron chi connectivity index (χ1n) is 9.88. The minimum Gasteiger partial charge on any atom is -0.389 e. The number of hydrogen-bond donors (Lipinski definition) is 2. The van der Waals surface area contributed by atoms with Crippen LogP contribution in [0.4, 0.5) is 0 Å². The predicted octanol–water partition coefficient (Wildman–Crippen LogP) is 5.73. The van der Waals surface area contributed by atoms with Gasteiger partial charge in [-0.25, -0.2) is 0 Å². The molecule has 2 N–H and O–H groups in total. The van der Waals surface area contributed by atoms with Crippen molar-refractivity contribution in [2.75, 3.05) is 0 Å². The van der Waals surface area contributed by atoms with E-state index >= 15 is 0 Å². The van der Waals surface area contributed by atoms with Gasteiger partial charge in [0.1, 0.15) is 0 Å². The summed E-state index contributed by atoms with van der Waals surface area (Å²) < 4.78 is 0. The second kappa shape index (κ2) is 8.08. The number of piperidine rings is 1. The number of halogens is 1. The summed E-state index contributed by atoms with van der Waals surface area (Å²) in [5.74, 6) is 0.0335. The van der Waals surface area contributed by atoms with Gasteiger partial charge in [0, 0.05) is 29.4 Å². The average molecular weight is 392 g/mol. The number of rotatable bonds is 4. The van der Waals surface area contributed by atoms with Gasteiger partial charge in [-0.1, -0.05) is 97.4 Å². The van der Waals surface area contributed by atoms with Crippen LogP contribution in [-0.2, 0) is 6.42 Å². The van der Waals surface area contributed by atoms with Crippen molar-refractivity contribution in [1.29, 1.82) is 0 Å². The highest BCUT2D eigenvalue weighted by molar-refractivity contribution is 6.31. The summed E-state index contributed by atoms with van der Waals surface area (Å²) in [5.41, 5.74) is 2.54. The van der Waals surface area contributed by atoms with E-state index in [1.807, 2.05) is 36.4 Å². The van der Waals surface area contributed by atoms with Crippen molar-refractivity contribution in [3.8, 4) is 0 Å². The zero-order valence-corrected chi connectivity index (χ0v) is 16.8. The molecule has 4 atom stereocenters. The molecule has 1 fully saturated rings. The summed E-state index contributed by atoms with van der Waals surface area (Å²) in [6.45, 7) is 2.14. The van der Waals surface area contributed by atoms with Crippen LogP contribution in [-0.4, -0.2) is 10.7 Å². The molecule has 0 bridgehead atoms. The molecule has 3 aromatic carbocycles. The van der Waals surface area contributed by atoms with Crippen molar-refractivity contribution >= 4 is 11.6 Å². The molecule has 1 aliphatic heterocycles. The fourth-order valence-electron chi connectivity index (χ4n) is 4.42. The smallest absolute Gasteiger partial charge is 0.0750 e. The van der Waals surface area contributed by atoms with Crippen LogP contribution < -0.4 is 5.32 Å². The van der Waals surface area contributed by atoms with Crippen LogP contribution in [0, 0.1) is 5.92 Å². The summed E-state index contributed by atoms with van der Waals surface area (Å²) in [5, 5.41) is 16.4. The first-order valence-corrected chi connectivity index (χ1v) is 10.3. The van der Waals surface area contributed by atoms with Crippen LogP contribution in [0.2, 0.25) is 5.02 Å². The lowest BCUT2D eigenvalue weighted by Gasteiger charge is -2.48. The molecule has 3 aromatic rings. The standard InChI is InChI=1S/C25H26ClNO/c1-18-24(20-12-6-3-7-13-20)27-23(19-10-4-2-5-11-19)17-25(18,28)16-21-14-8-9-15-22(21)26/h2-15,18,23-24,27-28H,16-17H2,1H3/t18-,23+,24+,25-/m0/s1. The average Bonchev–Trinajstić information content (AvgIpc) is 2.73. The zero-order chi connectivity index (χ0) is 19.6. The highest BCUT2D eigenvalue weighted by Crippen LogP contribution is 2.45. The molecule has 28 heavy (non-hydrogen) atoms. The normalized spacial score (nSPS) is 27.5. The molecule has 0 radical (unpaired) electrons. The molecule has 0 unspecified atom stereocenters. The maximum atomic E-state index is 11.9. The molecule has 1 saturated heterocycles. The van der Waals surface area contributed by atoms with Gasteiger partial charge in [-0.3, -0.25) is 0 Å². The topological polar surface area (TPSA) is 32.3 Å². The summed E-state index contributed by atoms with van der Waals surface area (Å²) in [4.78, 5) is 0. The van der Waals surface area contributed by atoms with E-state index in [2.05, 4.69) is 60.8 Å². The largest absolute Gasteiger partial charge is 0.389 e. The summed E-state index contributed by atoms with van der Waals surface area (Å²) in [6, 6.07) is 28.8. The van der Waals surface area contributed by atoms with E-state index in [0.29, 0.717) is 17.9 Å². The molecule has 1 heterocycles. The molecule has 4 rings (SSSR count). The summed E-state index contributed by atoms with van der Waals surface area (Å²) in [7, 11) is 0.